The Labute approximate surface area is 194 Å². The molecular formula is C22H23F2N3O4S2. The maximum Gasteiger partial charge on any atom is 0.261 e. The van der Waals surface area contributed by atoms with Gasteiger partial charge in [-0.3, -0.25) is 14.6 Å². The Kier molecular flexibility index (Phi) is 7.03. The zero-order chi connectivity index (χ0) is 23.6. The number of morpholine rings is 1. The molecule has 0 bridgehead atoms. The summed E-state index contributed by atoms with van der Waals surface area (Å²) in [6.07, 6.45) is 0. The van der Waals surface area contributed by atoms with Gasteiger partial charge >= 0.3 is 0 Å². The van der Waals surface area contributed by atoms with Crippen molar-refractivity contribution in [2.45, 2.75) is 11.8 Å². The lowest BCUT2D eigenvalue weighted by Crippen LogP contribution is -2.43. The molecule has 33 heavy (non-hydrogen) atoms. The first-order chi connectivity index (χ1) is 15.8. The summed E-state index contributed by atoms with van der Waals surface area (Å²) in [6, 6.07) is 7.93. The van der Waals surface area contributed by atoms with Crippen LogP contribution in [0.3, 0.4) is 0 Å². The molecule has 0 radical (unpaired) electrons. The number of carbonyl (C=O) groups is 1. The van der Waals surface area contributed by atoms with Crippen LogP contribution in [-0.2, 0) is 14.6 Å². The van der Waals surface area contributed by atoms with Crippen molar-refractivity contribution in [1.29, 1.82) is 0 Å². The summed E-state index contributed by atoms with van der Waals surface area (Å²) >= 11 is 0.984. The number of carbonyl (C=O) groups excluding carboxylic acids is 1. The number of benzene rings is 2. The lowest BCUT2D eigenvalue weighted by Gasteiger charge is -2.29. The molecule has 1 amide bonds. The van der Waals surface area contributed by atoms with Gasteiger partial charge in [-0.2, -0.15) is 0 Å². The van der Waals surface area contributed by atoms with Gasteiger partial charge in [0.2, 0.25) is 0 Å². The second-order valence-electron chi connectivity index (χ2n) is 7.54. The molecule has 4 rings (SSSR count). The van der Waals surface area contributed by atoms with Crippen LogP contribution in [-0.4, -0.2) is 69.4 Å². The fourth-order valence-electron chi connectivity index (χ4n) is 3.63. The number of aromatic nitrogens is 1. The molecule has 11 heteroatoms. The van der Waals surface area contributed by atoms with Crippen LogP contribution < -0.4 is 4.90 Å². The molecule has 1 fully saturated rings. The van der Waals surface area contributed by atoms with E-state index in [1.54, 1.807) is 12.1 Å². The van der Waals surface area contributed by atoms with Crippen LogP contribution in [0.1, 0.15) is 17.3 Å². The van der Waals surface area contributed by atoms with E-state index in [0.717, 1.165) is 17.4 Å². The SMILES string of the molecule is CCS(=O)(=O)c1ccccc1C(=O)N(CCN1CCOCC1)c1nc2c(F)cc(F)cc2s1. The Morgan fingerprint density at radius 1 is 1.21 bits per heavy atom. The van der Waals surface area contributed by atoms with Crippen LogP contribution in [0.25, 0.3) is 10.2 Å². The van der Waals surface area contributed by atoms with Crippen molar-refractivity contribution in [3.63, 3.8) is 0 Å². The summed E-state index contributed by atoms with van der Waals surface area (Å²) in [6.45, 7) is 4.75. The molecule has 7 nitrogen and oxygen atoms in total. The predicted octanol–water partition coefficient (Wildman–Crippen LogP) is 3.35. The van der Waals surface area contributed by atoms with Crippen molar-refractivity contribution < 1.29 is 26.7 Å². The number of hydrogen-bond donors (Lipinski definition) is 0. The first-order valence-corrected chi connectivity index (χ1v) is 13.0. The van der Waals surface area contributed by atoms with E-state index in [1.165, 1.54) is 30.0 Å². The van der Waals surface area contributed by atoms with Crippen molar-refractivity contribution in [2.75, 3.05) is 50.0 Å². The number of nitrogens with zero attached hydrogens (tertiary/aromatic N) is 3. The third kappa shape index (κ3) is 5.06. The molecule has 2 heterocycles. The highest BCUT2D eigenvalue weighted by molar-refractivity contribution is 7.91. The van der Waals surface area contributed by atoms with Crippen molar-refractivity contribution in [1.82, 2.24) is 9.88 Å². The smallest absolute Gasteiger partial charge is 0.261 e. The highest BCUT2D eigenvalue weighted by atomic mass is 32.2. The summed E-state index contributed by atoms with van der Waals surface area (Å²) in [5.74, 6) is -2.27. The Balaban J connectivity index is 1.75. The molecule has 0 N–H and O–H groups in total. The Morgan fingerprint density at radius 3 is 2.67 bits per heavy atom. The minimum absolute atomic E-state index is 0.0206. The van der Waals surface area contributed by atoms with Gasteiger partial charge in [-0.05, 0) is 18.2 Å². The van der Waals surface area contributed by atoms with E-state index in [1.807, 2.05) is 0 Å². The monoisotopic (exact) mass is 495 g/mol. The van der Waals surface area contributed by atoms with E-state index in [2.05, 4.69) is 9.88 Å². The molecule has 1 aliphatic rings. The van der Waals surface area contributed by atoms with Gasteiger partial charge in [0.1, 0.15) is 11.3 Å². The van der Waals surface area contributed by atoms with Crippen molar-refractivity contribution >= 4 is 42.4 Å². The van der Waals surface area contributed by atoms with E-state index in [9.17, 15) is 22.0 Å². The summed E-state index contributed by atoms with van der Waals surface area (Å²) in [5, 5.41) is 0.177. The average Bonchev–Trinajstić information content (AvgIpc) is 3.24. The molecular weight excluding hydrogens is 472 g/mol. The number of fused-ring (bicyclic) bond motifs is 1. The van der Waals surface area contributed by atoms with Gasteiger partial charge in [-0.1, -0.05) is 30.4 Å². The third-order valence-corrected chi connectivity index (χ3v) is 8.27. The summed E-state index contributed by atoms with van der Waals surface area (Å²) in [5.41, 5.74) is -0.0118. The van der Waals surface area contributed by atoms with Gasteiger partial charge in [0.25, 0.3) is 5.91 Å². The lowest BCUT2D eigenvalue weighted by atomic mass is 10.2. The molecule has 1 aromatic heterocycles. The number of ether oxygens (including phenoxy) is 1. The fraction of sp³-hybridized carbons (Fsp3) is 0.364. The molecule has 0 saturated carbocycles. The fourth-order valence-corrected chi connectivity index (χ4v) is 5.74. The largest absolute Gasteiger partial charge is 0.379 e. The lowest BCUT2D eigenvalue weighted by molar-refractivity contribution is 0.0391. The van der Waals surface area contributed by atoms with Crippen LogP contribution in [0.5, 0.6) is 0 Å². The second-order valence-corrected chi connectivity index (χ2v) is 10.8. The van der Waals surface area contributed by atoms with Gasteiger partial charge in [0.15, 0.2) is 20.8 Å². The molecule has 0 aliphatic carbocycles. The molecule has 0 unspecified atom stereocenters. The molecule has 3 aromatic rings. The van der Waals surface area contributed by atoms with Gasteiger partial charge < -0.3 is 4.74 Å². The summed E-state index contributed by atoms with van der Waals surface area (Å²) < 4.78 is 58.9. The zero-order valence-electron chi connectivity index (χ0n) is 18.0. The molecule has 2 aromatic carbocycles. The van der Waals surface area contributed by atoms with E-state index in [4.69, 9.17) is 4.74 Å². The van der Waals surface area contributed by atoms with Crippen LogP contribution >= 0.6 is 11.3 Å². The van der Waals surface area contributed by atoms with Gasteiger partial charge in [-0.15, -0.1) is 0 Å². The topological polar surface area (TPSA) is 79.8 Å². The van der Waals surface area contributed by atoms with Crippen LogP contribution in [0.2, 0.25) is 0 Å². The van der Waals surface area contributed by atoms with Crippen molar-refractivity contribution in [3.8, 4) is 0 Å². The number of sulfone groups is 1. The maximum atomic E-state index is 14.3. The minimum atomic E-state index is -3.66. The number of amides is 1. The molecule has 0 spiro atoms. The van der Waals surface area contributed by atoms with Crippen molar-refractivity contribution in [2.24, 2.45) is 0 Å². The Hall–Kier alpha value is -2.47. The van der Waals surface area contributed by atoms with Crippen LogP contribution in [0.4, 0.5) is 13.9 Å². The summed E-state index contributed by atoms with van der Waals surface area (Å²) in [4.78, 5) is 21.3. The van der Waals surface area contributed by atoms with E-state index in [0.29, 0.717) is 32.8 Å². The quantitative estimate of drug-likeness (QED) is 0.500. The van der Waals surface area contributed by atoms with Crippen LogP contribution in [0.15, 0.2) is 41.3 Å². The molecule has 176 valence electrons. The average molecular weight is 496 g/mol. The highest BCUT2D eigenvalue weighted by Crippen LogP contribution is 2.32. The standard InChI is InChI=1S/C22H23F2N3O4S2/c1-2-33(29,30)19-6-4-3-5-16(19)21(28)27(8-7-26-9-11-31-12-10-26)22-25-20-17(24)13-15(23)14-18(20)32-22/h3-6,13-14H,2,7-12H2,1H3. The maximum absolute atomic E-state index is 14.3. The van der Waals surface area contributed by atoms with Crippen molar-refractivity contribution in [3.05, 3.63) is 53.6 Å². The Morgan fingerprint density at radius 2 is 1.94 bits per heavy atom. The minimum Gasteiger partial charge on any atom is -0.379 e. The third-order valence-electron chi connectivity index (χ3n) is 5.45. The van der Waals surface area contributed by atoms with Gasteiger partial charge in [0, 0.05) is 32.2 Å². The van der Waals surface area contributed by atoms with E-state index in [-0.39, 0.29) is 38.1 Å². The first-order valence-electron chi connectivity index (χ1n) is 10.5. The Bertz CT molecular complexity index is 1270. The molecule has 1 saturated heterocycles. The number of halogens is 2. The van der Waals surface area contributed by atoms with E-state index >= 15 is 0 Å². The van der Waals surface area contributed by atoms with Gasteiger partial charge in [0.05, 0.1) is 34.1 Å². The number of hydrogen-bond acceptors (Lipinski definition) is 7. The normalized spacial score (nSPS) is 15.1. The first kappa shape index (κ1) is 23.7. The number of rotatable bonds is 7. The number of thiazole rings is 1. The number of anilines is 1. The second kappa shape index (κ2) is 9.80. The highest BCUT2D eigenvalue weighted by Gasteiger charge is 2.28. The molecule has 1 aliphatic heterocycles. The predicted molar refractivity (Wildman–Crippen MR) is 123 cm³/mol. The molecule has 0 atom stereocenters. The zero-order valence-corrected chi connectivity index (χ0v) is 19.6. The van der Waals surface area contributed by atoms with Gasteiger partial charge in [-0.25, -0.2) is 22.2 Å². The van der Waals surface area contributed by atoms with E-state index < -0.39 is 27.4 Å². The summed E-state index contributed by atoms with van der Waals surface area (Å²) in [7, 11) is -3.66. The van der Waals surface area contributed by atoms with Crippen LogP contribution in [0, 0.1) is 11.6 Å².